The van der Waals surface area contributed by atoms with Crippen LogP contribution in [0.1, 0.15) is 29.8 Å². The highest BCUT2D eigenvalue weighted by Gasteiger charge is 2.34. The van der Waals surface area contributed by atoms with Crippen molar-refractivity contribution in [3.63, 3.8) is 0 Å². The molecule has 1 saturated carbocycles. The first-order valence-electron chi connectivity index (χ1n) is 7.30. The molecule has 120 valence electrons. The Labute approximate surface area is 142 Å². The molecule has 2 atom stereocenters. The zero-order chi connectivity index (χ0) is 16.4. The van der Waals surface area contributed by atoms with Gasteiger partial charge in [-0.15, -0.1) is 11.3 Å². The van der Waals surface area contributed by atoms with Crippen molar-refractivity contribution in [2.45, 2.75) is 25.3 Å². The summed E-state index contributed by atoms with van der Waals surface area (Å²) >= 11 is 7.48. The number of hydrogen-bond donors (Lipinski definition) is 2. The van der Waals surface area contributed by atoms with Gasteiger partial charge in [0.1, 0.15) is 10.7 Å². The zero-order valence-electron chi connectivity index (χ0n) is 12.2. The Hall–Kier alpha value is -1.92. The van der Waals surface area contributed by atoms with E-state index in [2.05, 4.69) is 10.3 Å². The topological polar surface area (TPSA) is 79.3 Å². The summed E-state index contributed by atoms with van der Waals surface area (Å²) in [6.07, 6.45) is 2.09. The third-order valence-electron chi connectivity index (χ3n) is 3.99. The number of nitrogens with one attached hydrogen (secondary N) is 1. The number of thiazole rings is 1. The van der Waals surface area contributed by atoms with Crippen LogP contribution in [0.15, 0.2) is 29.6 Å². The molecular weight excluding hydrogens is 336 g/mol. The smallest absolute Gasteiger partial charge is 0.308 e. The monoisotopic (exact) mass is 350 g/mol. The van der Waals surface area contributed by atoms with Crippen LogP contribution >= 0.6 is 22.9 Å². The van der Waals surface area contributed by atoms with Gasteiger partial charge in [0.2, 0.25) is 0 Å². The van der Waals surface area contributed by atoms with Gasteiger partial charge in [-0.3, -0.25) is 9.59 Å². The molecule has 1 amide bonds. The van der Waals surface area contributed by atoms with E-state index in [9.17, 15) is 14.7 Å². The molecule has 0 saturated heterocycles. The van der Waals surface area contributed by atoms with E-state index >= 15 is 0 Å². The molecule has 5 nitrogen and oxygen atoms in total. The normalized spacial score (nSPS) is 20.4. The van der Waals surface area contributed by atoms with Crippen molar-refractivity contribution in [3.05, 3.63) is 40.4 Å². The average molecular weight is 351 g/mol. The van der Waals surface area contributed by atoms with E-state index in [1.165, 1.54) is 11.3 Å². The van der Waals surface area contributed by atoms with Crippen molar-refractivity contribution in [1.29, 1.82) is 0 Å². The SMILES string of the molecule is O=C(N[C@H]1CCC[C@H]1C(=O)O)c1csc(-c2ccccc2Cl)n1. The van der Waals surface area contributed by atoms with E-state index in [0.29, 0.717) is 28.6 Å². The van der Waals surface area contributed by atoms with Gasteiger partial charge in [-0.25, -0.2) is 4.98 Å². The Morgan fingerprint density at radius 3 is 2.83 bits per heavy atom. The Morgan fingerprint density at radius 1 is 1.30 bits per heavy atom. The number of carboxylic acid groups (broad SMARTS) is 1. The first-order valence-corrected chi connectivity index (χ1v) is 8.56. The fraction of sp³-hybridized carbons (Fsp3) is 0.312. The van der Waals surface area contributed by atoms with Gasteiger partial charge in [0.15, 0.2) is 0 Å². The highest BCUT2D eigenvalue weighted by atomic mass is 35.5. The molecule has 1 fully saturated rings. The maximum Gasteiger partial charge on any atom is 0.308 e. The summed E-state index contributed by atoms with van der Waals surface area (Å²) in [5, 5.41) is 14.9. The van der Waals surface area contributed by atoms with Gasteiger partial charge < -0.3 is 10.4 Å². The van der Waals surface area contributed by atoms with Crippen LogP contribution in [0, 0.1) is 5.92 Å². The molecule has 3 rings (SSSR count). The van der Waals surface area contributed by atoms with E-state index in [4.69, 9.17) is 11.6 Å². The lowest BCUT2D eigenvalue weighted by Gasteiger charge is -2.16. The van der Waals surface area contributed by atoms with E-state index in [1.54, 1.807) is 11.4 Å². The number of aromatic nitrogens is 1. The molecule has 1 aromatic carbocycles. The first-order chi connectivity index (χ1) is 11.1. The fourth-order valence-electron chi connectivity index (χ4n) is 2.81. The second-order valence-corrected chi connectivity index (χ2v) is 6.74. The summed E-state index contributed by atoms with van der Waals surface area (Å²) in [6.45, 7) is 0. The highest BCUT2D eigenvalue weighted by molar-refractivity contribution is 7.13. The van der Waals surface area contributed by atoms with Crippen LogP contribution in [-0.2, 0) is 4.79 Å². The lowest BCUT2D eigenvalue weighted by Crippen LogP contribution is -2.40. The first kappa shape index (κ1) is 16.0. The largest absolute Gasteiger partial charge is 0.481 e. The third-order valence-corrected chi connectivity index (χ3v) is 5.20. The second kappa shape index (κ2) is 6.68. The molecule has 0 unspecified atom stereocenters. The maximum atomic E-state index is 12.3. The standard InChI is InChI=1S/C16H15ClN2O3S/c17-11-6-2-1-4-9(11)15-19-13(8-23-15)14(20)18-12-7-3-5-10(12)16(21)22/h1-2,4,6,8,10,12H,3,5,7H2,(H,18,20)(H,21,22)/t10-,12+/m1/s1. The summed E-state index contributed by atoms with van der Waals surface area (Å²) in [5.74, 6) is -1.71. The Bertz CT molecular complexity index is 746. The minimum atomic E-state index is -0.858. The predicted molar refractivity (Wildman–Crippen MR) is 88.8 cm³/mol. The summed E-state index contributed by atoms with van der Waals surface area (Å²) < 4.78 is 0. The predicted octanol–water partition coefficient (Wildman–Crippen LogP) is 3.45. The average Bonchev–Trinajstić information content (AvgIpc) is 3.16. The van der Waals surface area contributed by atoms with Crippen LogP contribution < -0.4 is 5.32 Å². The van der Waals surface area contributed by atoms with Crippen LogP contribution in [0.4, 0.5) is 0 Å². The number of halogens is 1. The molecule has 7 heteroatoms. The van der Waals surface area contributed by atoms with Crippen molar-refractivity contribution in [2.24, 2.45) is 5.92 Å². The molecule has 23 heavy (non-hydrogen) atoms. The molecule has 1 heterocycles. The van der Waals surface area contributed by atoms with Gasteiger partial charge in [-0.2, -0.15) is 0 Å². The Kier molecular flexibility index (Phi) is 4.63. The highest BCUT2D eigenvalue weighted by Crippen LogP contribution is 2.30. The quantitative estimate of drug-likeness (QED) is 0.885. The van der Waals surface area contributed by atoms with Crippen molar-refractivity contribution in [2.75, 3.05) is 0 Å². The van der Waals surface area contributed by atoms with E-state index < -0.39 is 11.9 Å². The number of rotatable bonds is 4. The molecule has 0 spiro atoms. The van der Waals surface area contributed by atoms with E-state index in [0.717, 1.165) is 12.0 Å². The Morgan fingerprint density at radius 2 is 2.09 bits per heavy atom. The molecule has 1 aromatic heterocycles. The van der Waals surface area contributed by atoms with Crippen LogP contribution in [0.5, 0.6) is 0 Å². The van der Waals surface area contributed by atoms with Gasteiger partial charge in [0, 0.05) is 17.0 Å². The van der Waals surface area contributed by atoms with Gasteiger partial charge in [-0.05, 0) is 18.9 Å². The van der Waals surface area contributed by atoms with Crippen molar-refractivity contribution in [1.82, 2.24) is 10.3 Å². The number of benzene rings is 1. The molecule has 1 aliphatic carbocycles. The van der Waals surface area contributed by atoms with Crippen molar-refractivity contribution < 1.29 is 14.7 Å². The minimum absolute atomic E-state index is 0.293. The summed E-state index contributed by atoms with van der Waals surface area (Å²) in [7, 11) is 0. The van der Waals surface area contributed by atoms with Crippen LogP contribution in [-0.4, -0.2) is 28.0 Å². The molecule has 2 aromatic rings. The van der Waals surface area contributed by atoms with Crippen LogP contribution in [0.25, 0.3) is 10.6 Å². The summed E-state index contributed by atoms with van der Waals surface area (Å²) in [6, 6.07) is 6.98. The zero-order valence-corrected chi connectivity index (χ0v) is 13.7. The number of amides is 1. The number of nitrogens with zero attached hydrogens (tertiary/aromatic N) is 1. The lowest BCUT2D eigenvalue weighted by atomic mass is 10.0. The number of carbonyl (C=O) groups is 2. The van der Waals surface area contributed by atoms with Gasteiger partial charge in [-0.1, -0.05) is 36.2 Å². The summed E-state index contributed by atoms with van der Waals surface area (Å²) in [4.78, 5) is 27.8. The number of carbonyl (C=O) groups excluding carboxylic acids is 1. The van der Waals surface area contributed by atoms with Crippen molar-refractivity contribution >= 4 is 34.8 Å². The van der Waals surface area contributed by atoms with Gasteiger partial charge in [0.25, 0.3) is 5.91 Å². The molecule has 1 aliphatic rings. The third kappa shape index (κ3) is 3.38. The lowest BCUT2D eigenvalue weighted by molar-refractivity contribution is -0.142. The molecule has 0 radical (unpaired) electrons. The number of carboxylic acids is 1. The molecule has 2 N–H and O–H groups in total. The molecule has 0 bridgehead atoms. The Balaban J connectivity index is 1.74. The van der Waals surface area contributed by atoms with E-state index in [-0.39, 0.29) is 11.9 Å². The minimum Gasteiger partial charge on any atom is -0.481 e. The summed E-state index contributed by atoms with van der Waals surface area (Å²) in [5.41, 5.74) is 1.07. The maximum absolute atomic E-state index is 12.3. The number of aliphatic carboxylic acids is 1. The van der Waals surface area contributed by atoms with Gasteiger partial charge >= 0.3 is 5.97 Å². The fourth-order valence-corrected chi connectivity index (χ4v) is 3.93. The van der Waals surface area contributed by atoms with E-state index in [1.807, 2.05) is 18.2 Å². The molecular formula is C16H15ClN2O3S. The molecule has 0 aliphatic heterocycles. The van der Waals surface area contributed by atoms with Crippen molar-refractivity contribution in [3.8, 4) is 10.6 Å². The van der Waals surface area contributed by atoms with Gasteiger partial charge in [0.05, 0.1) is 10.9 Å². The second-order valence-electron chi connectivity index (χ2n) is 5.47. The van der Waals surface area contributed by atoms with Crippen LogP contribution in [0.3, 0.4) is 0 Å². The number of hydrogen-bond acceptors (Lipinski definition) is 4. The van der Waals surface area contributed by atoms with Crippen LogP contribution in [0.2, 0.25) is 5.02 Å².